The second kappa shape index (κ2) is 11.8. The fraction of sp³-hybridized carbons (Fsp3) is 0.360. The van der Waals surface area contributed by atoms with Crippen molar-refractivity contribution in [3.8, 4) is 11.1 Å². The molecule has 4 rings (SSSR count). The number of nitrogens with one attached hydrogen (secondary N) is 2. The largest absolute Gasteiger partial charge is 0.387 e. The molecular weight excluding hydrogens is 476 g/mol. The summed E-state index contributed by atoms with van der Waals surface area (Å²) in [5.41, 5.74) is 9.25. The lowest BCUT2D eigenvalue weighted by molar-refractivity contribution is -0.118. The number of hydrogen-bond acceptors (Lipinski definition) is 9. The molecule has 1 amide bonds. The van der Waals surface area contributed by atoms with Crippen molar-refractivity contribution in [2.24, 2.45) is 5.73 Å². The predicted molar refractivity (Wildman–Crippen MR) is 141 cm³/mol. The van der Waals surface area contributed by atoms with Crippen molar-refractivity contribution in [3.63, 3.8) is 0 Å². The maximum absolute atomic E-state index is 11.9. The average molecular weight is 507 g/mol. The van der Waals surface area contributed by atoms with Crippen molar-refractivity contribution in [2.75, 3.05) is 36.4 Å². The van der Waals surface area contributed by atoms with Gasteiger partial charge >= 0.3 is 0 Å². The van der Waals surface area contributed by atoms with Gasteiger partial charge in [0.15, 0.2) is 5.13 Å². The van der Waals surface area contributed by atoms with E-state index >= 15 is 0 Å². The number of benzene rings is 1. The first-order valence-electron chi connectivity index (χ1n) is 11.8. The minimum absolute atomic E-state index is 0.00760. The van der Waals surface area contributed by atoms with Gasteiger partial charge in [-0.2, -0.15) is 0 Å². The highest BCUT2D eigenvalue weighted by atomic mass is 32.1. The molecule has 0 unspecified atom stereocenters. The first kappa shape index (κ1) is 25.4. The predicted octanol–water partition coefficient (Wildman–Crippen LogP) is 2.71. The van der Waals surface area contributed by atoms with Crippen LogP contribution in [-0.4, -0.2) is 63.6 Å². The number of nitrogens with zero attached hydrogens (tertiary/aromatic N) is 5. The molecule has 1 fully saturated rings. The van der Waals surface area contributed by atoms with Crippen molar-refractivity contribution in [3.05, 3.63) is 53.3 Å². The van der Waals surface area contributed by atoms with Gasteiger partial charge in [-0.25, -0.2) is 15.0 Å². The lowest BCUT2D eigenvalue weighted by atomic mass is 10.0. The summed E-state index contributed by atoms with van der Waals surface area (Å²) < 4.78 is 0. The molecule has 1 aliphatic rings. The first-order chi connectivity index (χ1) is 17.4. The van der Waals surface area contributed by atoms with Gasteiger partial charge in [0.05, 0.1) is 18.0 Å². The SMILES string of the molecule is CC(=O)Nc1nc(CN2CCN(c3ncc(-c4cccc(CCC(=O)CC(=N)N)c4)cn3)CC2)cs1. The Morgan fingerprint density at radius 1 is 1.14 bits per heavy atom. The number of aromatic nitrogens is 3. The summed E-state index contributed by atoms with van der Waals surface area (Å²) >= 11 is 1.44. The molecule has 188 valence electrons. The number of nitrogens with two attached hydrogens (primary N) is 1. The third-order valence-electron chi connectivity index (χ3n) is 5.85. The van der Waals surface area contributed by atoms with E-state index in [0.29, 0.717) is 23.9 Å². The summed E-state index contributed by atoms with van der Waals surface area (Å²) in [5, 5.41) is 12.6. The van der Waals surface area contributed by atoms with Crippen LogP contribution in [0.5, 0.6) is 0 Å². The van der Waals surface area contributed by atoms with Gasteiger partial charge in [0.25, 0.3) is 0 Å². The molecule has 0 atom stereocenters. The van der Waals surface area contributed by atoms with Crippen LogP contribution in [0, 0.1) is 5.41 Å². The number of ketones is 1. The third-order valence-corrected chi connectivity index (χ3v) is 6.66. The fourth-order valence-corrected chi connectivity index (χ4v) is 4.79. The molecule has 1 saturated heterocycles. The number of hydrogen-bond donors (Lipinski definition) is 3. The highest BCUT2D eigenvalue weighted by Gasteiger charge is 2.20. The second-order valence-electron chi connectivity index (χ2n) is 8.80. The van der Waals surface area contributed by atoms with Crippen LogP contribution in [0.25, 0.3) is 11.1 Å². The molecule has 11 heteroatoms. The van der Waals surface area contributed by atoms with Crippen molar-refractivity contribution >= 4 is 39.9 Å². The summed E-state index contributed by atoms with van der Waals surface area (Å²) in [6.07, 6.45) is 4.66. The number of piperazine rings is 1. The van der Waals surface area contributed by atoms with E-state index in [2.05, 4.69) is 30.1 Å². The van der Waals surface area contributed by atoms with E-state index in [4.69, 9.17) is 11.1 Å². The number of amidine groups is 1. The maximum Gasteiger partial charge on any atom is 0.225 e. The van der Waals surface area contributed by atoms with Crippen LogP contribution >= 0.6 is 11.3 Å². The summed E-state index contributed by atoms with van der Waals surface area (Å²) in [6, 6.07) is 8.02. The fourth-order valence-electron chi connectivity index (χ4n) is 4.05. The summed E-state index contributed by atoms with van der Waals surface area (Å²) in [6.45, 7) is 5.64. The topological polar surface area (TPSA) is 141 Å². The highest BCUT2D eigenvalue weighted by Crippen LogP contribution is 2.22. The zero-order valence-corrected chi connectivity index (χ0v) is 21.1. The van der Waals surface area contributed by atoms with E-state index in [0.717, 1.165) is 55.1 Å². The number of Topliss-reactive ketones (excluding diaryl/α,β-unsaturated/α-hetero) is 1. The lowest BCUT2D eigenvalue weighted by Gasteiger charge is -2.34. The van der Waals surface area contributed by atoms with Crippen LogP contribution in [0.15, 0.2) is 42.0 Å². The van der Waals surface area contributed by atoms with Gasteiger partial charge in [0.1, 0.15) is 5.78 Å². The molecule has 0 spiro atoms. The quantitative estimate of drug-likeness (QED) is 0.282. The highest BCUT2D eigenvalue weighted by molar-refractivity contribution is 7.13. The molecule has 36 heavy (non-hydrogen) atoms. The molecule has 1 aliphatic heterocycles. The Morgan fingerprint density at radius 3 is 2.58 bits per heavy atom. The van der Waals surface area contributed by atoms with Crippen LogP contribution in [-0.2, 0) is 22.6 Å². The normalized spacial score (nSPS) is 14.0. The molecule has 0 bridgehead atoms. The molecule has 0 radical (unpaired) electrons. The smallest absolute Gasteiger partial charge is 0.225 e. The number of carbonyl (C=O) groups is 2. The number of amides is 1. The van der Waals surface area contributed by atoms with E-state index < -0.39 is 0 Å². The van der Waals surface area contributed by atoms with E-state index in [1.165, 1.54) is 18.3 Å². The van der Waals surface area contributed by atoms with Crippen LogP contribution in [0.4, 0.5) is 11.1 Å². The molecule has 0 aliphatic carbocycles. The number of anilines is 2. The van der Waals surface area contributed by atoms with Crippen molar-refractivity contribution < 1.29 is 9.59 Å². The Kier molecular flexibility index (Phi) is 8.34. The summed E-state index contributed by atoms with van der Waals surface area (Å²) in [5.74, 6) is 0.484. The Hall–Kier alpha value is -3.70. The van der Waals surface area contributed by atoms with Crippen LogP contribution in [0.1, 0.15) is 31.0 Å². The number of aryl methyl sites for hydroxylation is 1. The Morgan fingerprint density at radius 2 is 1.89 bits per heavy atom. The van der Waals surface area contributed by atoms with Crippen molar-refractivity contribution in [1.29, 1.82) is 5.41 Å². The van der Waals surface area contributed by atoms with E-state index in [1.54, 1.807) is 0 Å². The van der Waals surface area contributed by atoms with Crippen molar-refractivity contribution in [1.82, 2.24) is 19.9 Å². The number of rotatable bonds is 10. The van der Waals surface area contributed by atoms with Crippen LogP contribution < -0.4 is 16.0 Å². The third kappa shape index (κ3) is 7.15. The van der Waals surface area contributed by atoms with Crippen molar-refractivity contribution in [2.45, 2.75) is 32.7 Å². The molecule has 2 aromatic heterocycles. The minimum atomic E-state index is -0.110. The summed E-state index contributed by atoms with van der Waals surface area (Å²) in [7, 11) is 0. The molecule has 3 aromatic rings. The molecular formula is C25H30N8O2S. The van der Waals surface area contributed by atoms with E-state index in [-0.39, 0.29) is 23.9 Å². The van der Waals surface area contributed by atoms with Gasteiger partial charge < -0.3 is 16.0 Å². The van der Waals surface area contributed by atoms with Gasteiger partial charge in [-0.15, -0.1) is 11.3 Å². The standard InChI is InChI=1S/C25H30N8O2S/c1-17(34)30-25-31-21(16-36-25)15-32-7-9-33(10-8-32)24-28-13-20(14-29-24)19-4-2-3-18(11-19)5-6-22(35)12-23(26)27/h2-4,11,13-14,16H,5-10,12,15H2,1H3,(H3,26,27)(H,30,31,34). The zero-order valence-electron chi connectivity index (χ0n) is 20.2. The maximum atomic E-state index is 11.9. The minimum Gasteiger partial charge on any atom is -0.387 e. The number of thiazole rings is 1. The van der Waals surface area contributed by atoms with Gasteiger partial charge in [0, 0.05) is 69.4 Å². The molecule has 1 aromatic carbocycles. The van der Waals surface area contributed by atoms with Crippen LogP contribution in [0.3, 0.4) is 0 Å². The van der Waals surface area contributed by atoms with E-state index in [1.807, 2.05) is 42.0 Å². The Labute approximate surface area is 214 Å². The van der Waals surface area contributed by atoms with Crippen LogP contribution in [0.2, 0.25) is 0 Å². The van der Waals surface area contributed by atoms with Gasteiger partial charge in [-0.05, 0) is 17.5 Å². The van der Waals surface area contributed by atoms with E-state index in [9.17, 15) is 9.59 Å². The number of carbonyl (C=O) groups excluding carboxylic acids is 2. The first-order valence-corrected chi connectivity index (χ1v) is 12.7. The molecule has 3 heterocycles. The Balaban J connectivity index is 1.29. The molecule has 10 nitrogen and oxygen atoms in total. The lowest BCUT2D eigenvalue weighted by Crippen LogP contribution is -2.46. The molecule has 4 N–H and O–H groups in total. The average Bonchev–Trinajstić information content (AvgIpc) is 3.29. The van der Waals surface area contributed by atoms with Gasteiger partial charge in [-0.3, -0.25) is 19.9 Å². The Bertz CT molecular complexity index is 1220. The van der Waals surface area contributed by atoms with Gasteiger partial charge in [-0.1, -0.05) is 24.3 Å². The summed E-state index contributed by atoms with van der Waals surface area (Å²) in [4.78, 5) is 41.2. The molecule has 0 saturated carbocycles. The zero-order chi connectivity index (χ0) is 25.5. The van der Waals surface area contributed by atoms with Gasteiger partial charge in [0.2, 0.25) is 11.9 Å². The second-order valence-corrected chi connectivity index (χ2v) is 9.66. The monoisotopic (exact) mass is 506 g/mol.